The van der Waals surface area contributed by atoms with Gasteiger partial charge in [-0.1, -0.05) is 37.6 Å². The Balaban J connectivity index is 2.15. The van der Waals surface area contributed by atoms with E-state index in [0.29, 0.717) is 16.3 Å². The highest BCUT2D eigenvalue weighted by Crippen LogP contribution is 2.18. The van der Waals surface area contributed by atoms with Crippen LogP contribution in [-0.2, 0) is 0 Å². The number of benzene rings is 1. The van der Waals surface area contributed by atoms with Crippen molar-refractivity contribution in [3.05, 3.63) is 52.6 Å². The molecule has 0 unspecified atom stereocenters. The van der Waals surface area contributed by atoms with Gasteiger partial charge in [0, 0.05) is 10.9 Å². The second-order valence-corrected chi connectivity index (χ2v) is 5.36. The summed E-state index contributed by atoms with van der Waals surface area (Å²) in [5, 5.41) is 12.4. The van der Waals surface area contributed by atoms with Crippen molar-refractivity contribution in [3.63, 3.8) is 0 Å². The number of aromatic nitrogens is 2. The van der Waals surface area contributed by atoms with Gasteiger partial charge >= 0.3 is 0 Å². The Bertz CT molecular complexity index is 687. The van der Waals surface area contributed by atoms with Crippen LogP contribution >= 0.6 is 11.6 Å². The van der Waals surface area contributed by atoms with Crippen molar-refractivity contribution in [3.8, 4) is 6.07 Å². The van der Waals surface area contributed by atoms with Crippen molar-refractivity contribution in [1.29, 1.82) is 5.26 Å². The van der Waals surface area contributed by atoms with Crippen LogP contribution in [0.3, 0.4) is 0 Å². The molecule has 1 aromatic heterocycles. The number of hydrogen-bond acceptors (Lipinski definition) is 3. The molecule has 0 aliphatic heterocycles. The van der Waals surface area contributed by atoms with E-state index in [0.717, 1.165) is 5.82 Å². The second kappa shape index (κ2) is 6.42. The molecule has 2 rings (SSSR count). The van der Waals surface area contributed by atoms with Crippen molar-refractivity contribution >= 4 is 17.5 Å². The van der Waals surface area contributed by atoms with Crippen LogP contribution in [0.5, 0.6) is 0 Å². The first kappa shape index (κ1) is 15.1. The summed E-state index contributed by atoms with van der Waals surface area (Å²) >= 11 is 5.90. The lowest BCUT2D eigenvalue weighted by molar-refractivity contribution is 0.0940. The van der Waals surface area contributed by atoms with E-state index in [1.54, 1.807) is 24.3 Å². The quantitative estimate of drug-likeness (QED) is 0.910. The van der Waals surface area contributed by atoms with Crippen LogP contribution in [0, 0.1) is 11.3 Å². The molecule has 2 N–H and O–H groups in total. The maximum absolute atomic E-state index is 12.1. The molecule has 1 heterocycles. The Labute approximate surface area is 128 Å². The number of nitriles is 1. The first-order chi connectivity index (χ1) is 10.0. The Morgan fingerprint density at radius 1 is 1.48 bits per heavy atom. The fraction of sp³-hybridized carbons (Fsp3) is 0.267. The van der Waals surface area contributed by atoms with Crippen molar-refractivity contribution in [2.75, 3.05) is 0 Å². The van der Waals surface area contributed by atoms with Crippen LogP contribution in [0.2, 0.25) is 5.02 Å². The second-order valence-electron chi connectivity index (χ2n) is 4.93. The average Bonchev–Trinajstić information content (AvgIpc) is 2.94. The molecule has 108 valence electrons. The van der Waals surface area contributed by atoms with E-state index in [2.05, 4.69) is 21.4 Å². The molecular formula is C15H15ClN4O. The van der Waals surface area contributed by atoms with E-state index in [4.69, 9.17) is 11.6 Å². The van der Waals surface area contributed by atoms with Crippen LogP contribution in [0.25, 0.3) is 0 Å². The Morgan fingerprint density at radius 3 is 2.81 bits per heavy atom. The number of carbonyl (C=O) groups is 1. The van der Waals surface area contributed by atoms with E-state index < -0.39 is 6.04 Å². The van der Waals surface area contributed by atoms with E-state index in [-0.39, 0.29) is 11.8 Å². The van der Waals surface area contributed by atoms with Gasteiger partial charge in [0.05, 0.1) is 12.3 Å². The van der Waals surface area contributed by atoms with E-state index in [1.807, 2.05) is 13.8 Å². The molecule has 0 fully saturated rings. The summed E-state index contributed by atoms with van der Waals surface area (Å²) in [4.78, 5) is 19.2. The standard InChI is InChI=1S/C15H15ClN4O/c1-9(2)14-18-8-13(19-14)15(21)20-12(7-17)10-4-3-5-11(16)6-10/h3-6,8-9,12H,1-2H3,(H,18,19)(H,20,21)/t12-/m1/s1. The molecule has 1 amide bonds. The normalized spacial score (nSPS) is 12.0. The zero-order valence-electron chi connectivity index (χ0n) is 11.7. The summed E-state index contributed by atoms with van der Waals surface area (Å²) in [6.07, 6.45) is 1.47. The molecule has 5 nitrogen and oxygen atoms in total. The highest BCUT2D eigenvalue weighted by atomic mass is 35.5. The molecule has 1 atom stereocenters. The van der Waals surface area contributed by atoms with Crippen molar-refractivity contribution in [1.82, 2.24) is 15.3 Å². The molecule has 0 bridgehead atoms. The van der Waals surface area contributed by atoms with Crippen molar-refractivity contribution < 1.29 is 4.79 Å². The summed E-state index contributed by atoms with van der Waals surface area (Å²) < 4.78 is 0. The molecule has 2 aromatic rings. The number of nitrogens with zero attached hydrogens (tertiary/aromatic N) is 2. The maximum atomic E-state index is 12.1. The zero-order valence-corrected chi connectivity index (χ0v) is 12.5. The van der Waals surface area contributed by atoms with E-state index in [9.17, 15) is 10.1 Å². The number of imidazole rings is 1. The van der Waals surface area contributed by atoms with Gasteiger partial charge in [0.15, 0.2) is 0 Å². The summed E-state index contributed by atoms with van der Waals surface area (Å²) in [7, 11) is 0. The van der Waals surface area contributed by atoms with E-state index >= 15 is 0 Å². The van der Waals surface area contributed by atoms with Gasteiger partial charge < -0.3 is 10.3 Å². The number of nitrogens with one attached hydrogen (secondary N) is 2. The van der Waals surface area contributed by atoms with Gasteiger partial charge in [-0.3, -0.25) is 4.79 Å². The monoisotopic (exact) mass is 302 g/mol. The fourth-order valence-electron chi connectivity index (χ4n) is 1.83. The molecule has 6 heteroatoms. The number of H-pyrrole nitrogens is 1. The Kier molecular flexibility index (Phi) is 4.61. The summed E-state index contributed by atoms with van der Waals surface area (Å²) in [6, 6.07) is 8.14. The lowest BCUT2D eigenvalue weighted by Crippen LogP contribution is -2.27. The highest BCUT2D eigenvalue weighted by molar-refractivity contribution is 6.30. The minimum absolute atomic E-state index is 0.200. The summed E-state index contributed by atoms with van der Waals surface area (Å²) in [6.45, 7) is 3.95. The van der Waals surface area contributed by atoms with Crippen LogP contribution in [-0.4, -0.2) is 15.9 Å². The largest absolute Gasteiger partial charge is 0.338 e. The molecule has 0 aliphatic rings. The molecular weight excluding hydrogens is 288 g/mol. The fourth-order valence-corrected chi connectivity index (χ4v) is 2.03. The third-order valence-electron chi connectivity index (χ3n) is 2.97. The number of aromatic amines is 1. The van der Waals surface area contributed by atoms with Crippen LogP contribution in [0.4, 0.5) is 0 Å². The summed E-state index contributed by atoms with van der Waals surface area (Å²) in [5.74, 6) is 0.559. The Hall–Kier alpha value is -2.32. The predicted octanol–water partition coefficient (Wildman–Crippen LogP) is 3.18. The predicted molar refractivity (Wildman–Crippen MR) is 79.9 cm³/mol. The van der Waals surface area contributed by atoms with Crippen LogP contribution in [0.1, 0.15) is 47.7 Å². The van der Waals surface area contributed by atoms with Gasteiger partial charge in [0.25, 0.3) is 5.91 Å². The molecule has 1 aromatic carbocycles. The van der Waals surface area contributed by atoms with E-state index in [1.165, 1.54) is 6.20 Å². The third kappa shape index (κ3) is 3.61. The maximum Gasteiger partial charge on any atom is 0.270 e. The number of amides is 1. The topological polar surface area (TPSA) is 81.6 Å². The lowest BCUT2D eigenvalue weighted by Gasteiger charge is -2.11. The molecule has 21 heavy (non-hydrogen) atoms. The smallest absolute Gasteiger partial charge is 0.270 e. The molecule has 0 aliphatic carbocycles. The molecule has 0 saturated heterocycles. The zero-order chi connectivity index (χ0) is 15.4. The van der Waals surface area contributed by atoms with Crippen LogP contribution in [0.15, 0.2) is 30.5 Å². The minimum Gasteiger partial charge on any atom is -0.338 e. The lowest BCUT2D eigenvalue weighted by atomic mass is 10.1. The SMILES string of the molecule is CC(C)c1ncc(C(=O)N[C@H](C#N)c2cccc(Cl)c2)[nH]1. The first-order valence-corrected chi connectivity index (χ1v) is 6.90. The van der Waals surface area contributed by atoms with Crippen molar-refractivity contribution in [2.24, 2.45) is 0 Å². The van der Waals surface area contributed by atoms with Gasteiger partial charge in [-0.15, -0.1) is 0 Å². The number of rotatable bonds is 4. The average molecular weight is 303 g/mol. The highest BCUT2D eigenvalue weighted by Gasteiger charge is 2.17. The number of carbonyl (C=O) groups excluding carboxylic acids is 1. The minimum atomic E-state index is -0.762. The van der Waals surface area contributed by atoms with Gasteiger partial charge in [-0.05, 0) is 17.7 Å². The van der Waals surface area contributed by atoms with Gasteiger partial charge in [-0.25, -0.2) is 4.98 Å². The number of hydrogen-bond donors (Lipinski definition) is 2. The van der Waals surface area contributed by atoms with Gasteiger partial charge in [-0.2, -0.15) is 5.26 Å². The first-order valence-electron chi connectivity index (χ1n) is 6.52. The molecule has 0 saturated carbocycles. The van der Waals surface area contributed by atoms with Crippen molar-refractivity contribution in [2.45, 2.75) is 25.8 Å². The summed E-state index contributed by atoms with van der Waals surface area (Å²) in [5.41, 5.74) is 0.975. The van der Waals surface area contributed by atoms with Gasteiger partial charge in [0.2, 0.25) is 0 Å². The van der Waals surface area contributed by atoms with Gasteiger partial charge in [0.1, 0.15) is 17.6 Å². The number of halogens is 1. The van der Waals surface area contributed by atoms with Crippen LogP contribution < -0.4 is 5.32 Å². The molecule has 0 spiro atoms. The molecule has 0 radical (unpaired) electrons. The third-order valence-corrected chi connectivity index (χ3v) is 3.21. The Morgan fingerprint density at radius 2 is 2.24 bits per heavy atom.